The van der Waals surface area contributed by atoms with Gasteiger partial charge in [0.25, 0.3) is 5.91 Å². The van der Waals surface area contributed by atoms with E-state index in [0.717, 1.165) is 16.6 Å². The number of benzene rings is 2. The molecular weight excluding hydrogens is 264 g/mol. The molecule has 5 nitrogen and oxygen atoms in total. The van der Waals surface area contributed by atoms with Gasteiger partial charge in [-0.3, -0.25) is 10.1 Å². The number of nitrogen functional groups attached to an aromatic ring is 1. The number of nitrogens with zero attached hydrogens (tertiary/aromatic N) is 1. The number of anilines is 2. The second kappa shape index (κ2) is 5.50. The number of aromatic amines is 1. The van der Waals surface area contributed by atoms with Crippen LogP contribution in [0.15, 0.2) is 54.6 Å². The molecule has 0 unspecified atom stereocenters. The van der Waals surface area contributed by atoms with Gasteiger partial charge < -0.3 is 10.7 Å². The van der Waals surface area contributed by atoms with Crippen LogP contribution >= 0.6 is 0 Å². The van der Waals surface area contributed by atoms with Crippen LogP contribution in [0.1, 0.15) is 5.56 Å². The third kappa shape index (κ3) is 3.09. The zero-order chi connectivity index (χ0) is 14.7. The largest absolute Gasteiger partial charge is 0.399 e. The lowest BCUT2D eigenvalue weighted by Crippen LogP contribution is -2.08. The number of rotatable bonds is 3. The predicted octanol–water partition coefficient (Wildman–Crippen LogP) is 2.80. The van der Waals surface area contributed by atoms with Gasteiger partial charge in [-0.15, -0.1) is 0 Å². The molecule has 3 rings (SSSR count). The Bertz CT molecular complexity index is 770. The van der Waals surface area contributed by atoms with E-state index in [4.69, 9.17) is 5.73 Å². The van der Waals surface area contributed by atoms with E-state index < -0.39 is 0 Å². The standard InChI is InChI=1S/C16H14N4O/c17-12-8-5-11(6-9-12)7-10-15(21)20-16-18-13-3-1-2-4-14(13)19-16/h1-10H,17H2,(H2,18,19,20,21)/b10-7+. The summed E-state index contributed by atoms with van der Waals surface area (Å²) in [5.41, 5.74) is 8.91. The van der Waals surface area contributed by atoms with Gasteiger partial charge in [-0.05, 0) is 35.9 Å². The Hall–Kier alpha value is -3.08. The summed E-state index contributed by atoms with van der Waals surface area (Å²) in [5.74, 6) is 0.189. The first kappa shape index (κ1) is 12.9. The highest BCUT2D eigenvalue weighted by Gasteiger charge is 2.03. The number of nitrogens with one attached hydrogen (secondary N) is 2. The number of imidazole rings is 1. The zero-order valence-corrected chi connectivity index (χ0v) is 11.2. The number of carbonyl (C=O) groups excluding carboxylic acids is 1. The quantitative estimate of drug-likeness (QED) is 0.509. The summed E-state index contributed by atoms with van der Waals surface area (Å²) in [4.78, 5) is 19.2. The molecule has 0 radical (unpaired) electrons. The Kier molecular flexibility index (Phi) is 3.39. The Morgan fingerprint density at radius 3 is 2.67 bits per heavy atom. The van der Waals surface area contributed by atoms with E-state index in [0.29, 0.717) is 11.6 Å². The van der Waals surface area contributed by atoms with Crippen LogP contribution in [-0.2, 0) is 4.79 Å². The van der Waals surface area contributed by atoms with Crippen molar-refractivity contribution in [3.8, 4) is 0 Å². The first-order chi connectivity index (χ1) is 10.2. The second-order valence-corrected chi connectivity index (χ2v) is 4.59. The first-order valence-corrected chi connectivity index (χ1v) is 6.50. The first-order valence-electron chi connectivity index (χ1n) is 6.50. The van der Waals surface area contributed by atoms with Crippen molar-refractivity contribution in [1.82, 2.24) is 9.97 Å². The number of nitrogens with two attached hydrogens (primary N) is 1. The van der Waals surface area contributed by atoms with E-state index in [1.807, 2.05) is 36.4 Å². The SMILES string of the molecule is Nc1ccc(/C=C/C(=O)Nc2nc3ccccc3[nH]2)cc1. The fourth-order valence-electron chi connectivity index (χ4n) is 1.95. The van der Waals surface area contributed by atoms with Gasteiger partial charge in [0.05, 0.1) is 11.0 Å². The van der Waals surface area contributed by atoms with E-state index in [1.165, 1.54) is 6.08 Å². The van der Waals surface area contributed by atoms with Crippen molar-refractivity contribution in [2.24, 2.45) is 0 Å². The molecule has 4 N–H and O–H groups in total. The summed E-state index contributed by atoms with van der Waals surface area (Å²) in [6.45, 7) is 0. The van der Waals surface area contributed by atoms with Gasteiger partial charge in [-0.1, -0.05) is 24.3 Å². The third-order valence-corrected chi connectivity index (χ3v) is 2.99. The maximum atomic E-state index is 11.8. The molecule has 0 fully saturated rings. The lowest BCUT2D eigenvalue weighted by molar-refractivity contribution is -0.111. The predicted molar refractivity (Wildman–Crippen MR) is 84.6 cm³/mol. The molecule has 0 aliphatic heterocycles. The molecule has 0 bridgehead atoms. The summed E-state index contributed by atoms with van der Waals surface area (Å²) in [6, 6.07) is 14.9. The van der Waals surface area contributed by atoms with Crippen LogP contribution in [0.5, 0.6) is 0 Å². The van der Waals surface area contributed by atoms with E-state index >= 15 is 0 Å². The van der Waals surface area contributed by atoms with Gasteiger partial charge in [-0.2, -0.15) is 0 Å². The van der Waals surface area contributed by atoms with Crippen LogP contribution in [0.2, 0.25) is 0 Å². The van der Waals surface area contributed by atoms with Crippen molar-refractivity contribution >= 4 is 34.7 Å². The molecule has 0 saturated carbocycles. The molecule has 0 saturated heterocycles. The van der Waals surface area contributed by atoms with Crippen LogP contribution in [0.25, 0.3) is 17.1 Å². The van der Waals surface area contributed by atoms with E-state index in [-0.39, 0.29) is 5.91 Å². The molecule has 3 aromatic rings. The van der Waals surface area contributed by atoms with Gasteiger partial charge in [0, 0.05) is 11.8 Å². The highest BCUT2D eigenvalue weighted by molar-refractivity contribution is 6.01. The number of hydrogen-bond donors (Lipinski definition) is 3. The van der Waals surface area contributed by atoms with Crippen molar-refractivity contribution in [1.29, 1.82) is 0 Å². The number of aromatic nitrogens is 2. The van der Waals surface area contributed by atoms with Gasteiger partial charge in [0.2, 0.25) is 5.95 Å². The molecule has 21 heavy (non-hydrogen) atoms. The molecule has 0 atom stereocenters. The number of hydrogen-bond acceptors (Lipinski definition) is 3. The maximum Gasteiger partial charge on any atom is 0.250 e. The molecular formula is C16H14N4O. The lowest BCUT2D eigenvalue weighted by Gasteiger charge is -1.97. The van der Waals surface area contributed by atoms with Crippen molar-refractivity contribution in [3.05, 3.63) is 60.2 Å². The highest BCUT2D eigenvalue weighted by Crippen LogP contribution is 2.13. The van der Waals surface area contributed by atoms with Gasteiger partial charge in [-0.25, -0.2) is 4.98 Å². The molecule has 0 aliphatic rings. The fourth-order valence-corrected chi connectivity index (χ4v) is 1.95. The minimum atomic E-state index is -0.245. The Morgan fingerprint density at radius 1 is 1.14 bits per heavy atom. The number of para-hydroxylation sites is 2. The zero-order valence-electron chi connectivity index (χ0n) is 11.2. The molecule has 2 aromatic carbocycles. The van der Waals surface area contributed by atoms with Crippen molar-refractivity contribution in [2.75, 3.05) is 11.1 Å². The van der Waals surface area contributed by atoms with E-state index in [2.05, 4.69) is 15.3 Å². The summed E-state index contributed by atoms with van der Waals surface area (Å²) >= 11 is 0. The Balaban J connectivity index is 1.69. The van der Waals surface area contributed by atoms with E-state index in [1.54, 1.807) is 18.2 Å². The van der Waals surface area contributed by atoms with E-state index in [9.17, 15) is 4.79 Å². The second-order valence-electron chi connectivity index (χ2n) is 4.59. The maximum absolute atomic E-state index is 11.8. The molecule has 1 aromatic heterocycles. The molecule has 5 heteroatoms. The number of carbonyl (C=O) groups is 1. The highest BCUT2D eigenvalue weighted by atomic mass is 16.1. The van der Waals surface area contributed by atoms with Crippen molar-refractivity contribution in [2.45, 2.75) is 0 Å². The van der Waals surface area contributed by atoms with Crippen LogP contribution in [0, 0.1) is 0 Å². The third-order valence-electron chi connectivity index (χ3n) is 2.99. The van der Waals surface area contributed by atoms with Gasteiger partial charge in [0.15, 0.2) is 0 Å². The average molecular weight is 278 g/mol. The molecule has 0 spiro atoms. The molecule has 104 valence electrons. The Labute approximate surface area is 121 Å². The fraction of sp³-hybridized carbons (Fsp3) is 0. The molecule has 0 aliphatic carbocycles. The number of H-pyrrole nitrogens is 1. The van der Waals surface area contributed by atoms with Crippen LogP contribution in [-0.4, -0.2) is 15.9 Å². The smallest absolute Gasteiger partial charge is 0.250 e. The Morgan fingerprint density at radius 2 is 1.90 bits per heavy atom. The van der Waals surface area contributed by atoms with Crippen molar-refractivity contribution in [3.63, 3.8) is 0 Å². The topological polar surface area (TPSA) is 83.8 Å². The summed E-state index contributed by atoms with van der Waals surface area (Å²) in [5, 5.41) is 2.70. The monoisotopic (exact) mass is 278 g/mol. The summed E-state index contributed by atoms with van der Waals surface area (Å²) in [6.07, 6.45) is 3.18. The average Bonchev–Trinajstić information content (AvgIpc) is 2.88. The minimum absolute atomic E-state index is 0.245. The minimum Gasteiger partial charge on any atom is -0.399 e. The summed E-state index contributed by atoms with van der Waals surface area (Å²) in [7, 11) is 0. The number of fused-ring (bicyclic) bond motifs is 1. The van der Waals surface area contributed by atoms with Gasteiger partial charge in [0.1, 0.15) is 0 Å². The van der Waals surface area contributed by atoms with Crippen LogP contribution in [0.4, 0.5) is 11.6 Å². The summed E-state index contributed by atoms with van der Waals surface area (Å²) < 4.78 is 0. The normalized spacial score (nSPS) is 11.0. The molecule has 1 amide bonds. The van der Waals surface area contributed by atoms with Crippen molar-refractivity contribution < 1.29 is 4.79 Å². The van der Waals surface area contributed by atoms with Crippen LogP contribution < -0.4 is 11.1 Å². The molecule has 1 heterocycles. The lowest BCUT2D eigenvalue weighted by atomic mass is 10.2. The number of amides is 1. The van der Waals surface area contributed by atoms with Crippen LogP contribution in [0.3, 0.4) is 0 Å². The van der Waals surface area contributed by atoms with Gasteiger partial charge >= 0.3 is 0 Å².